The predicted octanol–water partition coefficient (Wildman–Crippen LogP) is 14.7. The van der Waals surface area contributed by atoms with Gasteiger partial charge in [-0.2, -0.15) is 23.8 Å². The number of hydrogen-bond acceptors (Lipinski definition) is 0. The zero-order chi connectivity index (χ0) is 40.6. The van der Waals surface area contributed by atoms with Crippen molar-refractivity contribution < 1.29 is 23.9 Å². The second-order valence-corrected chi connectivity index (χ2v) is 21.5. The summed E-state index contributed by atoms with van der Waals surface area (Å²) in [5.41, 5.74) is 14.6. The Bertz CT molecular complexity index is 2290. The number of rotatable bonds is 2. The van der Waals surface area contributed by atoms with Gasteiger partial charge in [0.25, 0.3) is 0 Å². The van der Waals surface area contributed by atoms with Gasteiger partial charge in [0.2, 0.25) is 0 Å². The van der Waals surface area contributed by atoms with Gasteiger partial charge in [-0.1, -0.05) is 106 Å². The first-order valence-corrected chi connectivity index (χ1v) is 22.1. The fraction of sp³-hybridized carbons (Fsp3) is 0.327. The van der Waals surface area contributed by atoms with Gasteiger partial charge < -0.3 is 0 Å². The van der Waals surface area contributed by atoms with Crippen LogP contribution >= 0.6 is 0 Å². The van der Waals surface area contributed by atoms with Crippen LogP contribution in [0.5, 0.6) is 0 Å². The van der Waals surface area contributed by atoms with Gasteiger partial charge in [0.15, 0.2) is 0 Å². The van der Waals surface area contributed by atoms with Crippen molar-refractivity contribution in [1.29, 1.82) is 0 Å². The van der Waals surface area contributed by atoms with Crippen LogP contribution in [0.3, 0.4) is 0 Å². The average Bonchev–Trinajstić information content (AvgIpc) is 3.84. The zero-order valence-electron chi connectivity index (χ0n) is 36.0. The number of allylic oxidation sites excluding steroid dienone is 4. The van der Waals surface area contributed by atoms with Crippen molar-refractivity contribution in [2.24, 2.45) is 0 Å². The van der Waals surface area contributed by atoms with E-state index in [2.05, 4.69) is 204 Å². The predicted molar refractivity (Wildman–Crippen MR) is 241 cm³/mol. The van der Waals surface area contributed by atoms with Gasteiger partial charge in [0.05, 0.1) is 0 Å². The monoisotopic (exact) mass is 900 g/mol. The number of benzene rings is 6. The van der Waals surface area contributed by atoms with E-state index in [4.69, 9.17) is 0 Å². The van der Waals surface area contributed by atoms with E-state index in [1.54, 1.807) is 0 Å². The molecule has 0 unspecified atom stereocenters. The quantitative estimate of drug-likeness (QED) is 0.120. The molecule has 8 rings (SSSR count). The van der Waals surface area contributed by atoms with Crippen LogP contribution in [0.15, 0.2) is 121 Å². The molecule has 0 fully saturated rings. The first-order valence-electron chi connectivity index (χ1n) is 20.3. The normalized spacial score (nSPS) is 13.5. The summed E-state index contributed by atoms with van der Waals surface area (Å²) in [4.78, 5) is 0. The maximum atomic E-state index is 3.90. The van der Waals surface area contributed by atoms with Gasteiger partial charge in [-0.05, 0) is 39.4 Å². The Balaban J connectivity index is 0.000000173. The van der Waals surface area contributed by atoms with E-state index in [1.165, 1.54) is 80.4 Å². The molecule has 2 aliphatic carbocycles. The summed E-state index contributed by atoms with van der Waals surface area (Å²) in [6.45, 7) is 28.0. The maximum absolute atomic E-state index is 3.90. The van der Waals surface area contributed by atoms with Crippen molar-refractivity contribution in [2.45, 2.75) is 118 Å². The Hall–Kier alpha value is -3.94. The van der Waals surface area contributed by atoms with Gasteiger partial charge in [-0.3, -0.25) is 6.08 Å². The number of hydrogen-bond donors (Lipinski definition) is 0. The summed E-state index contributed by atoms with van der Waals surface area (Å²) in [5.74, 6) is 0. The molecule has 0 amide bonds. The third-order valence-electron chi connectivity index (χ3n) is 10.9. The molecule has 0 radical (unpaired) electrons. The van der Waals surface area contributed by atoms with Gasteiger partial charge in [0.1, 0.15) is 0 Å². The van der Waals surface area contributed by atoms with E-state index in [9.17, 15) is 0 Å². The van der Waals surface area contributed by atoms with Crippen molar-refractivity contribution in [3.63, 3.8) is 0 Å². The van der Waals surface area contributed by atoms with Crippen LogP contribution in [0, 0.1) is 12.1 Å². The van der Waals surface area contributed by atoms with Crippen molar-refractivity contribution in [3.8, 4) is 11.1 Å². The SMILES string of the molecule is CC(C)(C)c1[c-]c2c(cc1C(C)(C)C)-c1cc(C(C)(C)C)c(C(C)(C)C)cc1C2.[C-]1=CC=CC1.[Hf+2]=[C](c1ccc2ccccc2c1)c1ccc2ccccc2c1. The molecular weight excluding hydrogens is 839 g/mol. The van der Waals surface area contributed by atoms with Crippen LogP contribution in [0.2, 0.25) is 0 Å². The summed E-state index contributed by atoms with van der Waals surface area (Å²) >= 11 is 1.03. The summed E-state index contributed by atoms with van der Waals surface area (Å²) in [7, 11) is 0. The van der Waals surface area contributed by atoms with Gasteiger partial charge in [-0.25, -0.2) is 12.2 Å². The van der Waals surface area contributed by atoms with Gasteiger partial charge in [-0.15, -0.1) is 23.1 Å². The molecule has 0 spiro atoms. The van der Waals surface area contributed by atoms with Crippen LogP contribution in [0.4, 0.5) is 0 Å². The topological polar surface area (TPSA) is 0 Å². The number of fused-ring (bicyclic) bond motifs is 5. The molecule has 1 heteroatoms. The Morgan fingerprint density at radius 2 is 1.00 bits per heavy atom. The van der Waals surface area contributed by atoms with Crippen LogP contribution < -0.4 is 0 Å². The molecule has 0 heterocycles. The molecule has 0 bridgehead atoms. The van der Waals surface area contributed by atoms with Gasteiger partial charge in [0, 0.05) is 0 Å². The molecule has 0 saturated heterocycles. The Morgan fingerprint density at radius 3 is 1.43 bits per heavy atom. The van der Waals surface area contributed by atoms with Crippen LogP contribution in [0.25, 0.3) is 32.7 Å². The first-order chi connectivity index (χ1) is 26.2. The molecule has 0 atom stereocenters. The van der Waals surface area contributed by atoms with E-state index < -0.39 is 0 Å². The van der Waals surface area contributed by atoms with Crippen molar-refractivity contribution in [1.82, 2.24) is 0 Å². The molecule has 2 aliphatic rings. The first kappa shape index (κ1) is 41.7. The Labute approximate surface area is 353 Å². The van der Waals surface area contributed by atoms with E-state index in [0.717, 1.165) is 36.7 Å². The summed E-state index contributed by atoms with van der Waals surface area (Å²) in [5, 5.41) is 5.24. The molecular formula is C55H60Hf. The molecule has 0 N–H and O–H groups in total. The van der Waals surface area contributed by atoms with Crippen LogP contribution in [0.1, 0.15) is 134 Å². The third-order valence-corrected chi connectivity index (χ3v) is 13.0. The van der Waals surface area contributed by atoms with Crippen LogP contribution in [-0.4, -0.2) is 3.26 Å². The average molecular weight is 900 g/mol. The van der Waals surface area contributed by atoms with E-state index >= 15 is 0 Å². The minimum atomic E-state index is 0.0968. The second-order valence-electron chi connectivity index (χ2n) is 19.7. The minimum absolute atomic E-state index is 0.0968. The van der Waals surface area contributed by atoms with Crippen LogP contribution in [-0.2, 0) is 52.0 Å². The summed E-state index contributed by atoms with van der Waals surface area (Å²) in [6.07, 6.45) is 11.0. The molecule has 6 aromatic carbocycles. The fourth-order valence-corrected chi connectivity index (χ4v) is 8.94. The van der Waals surface area contributed by atoms with Crippen molar-refractivity contribution >= 4 is 24.8 Å². The Morgan fingerprint density at radius 1 is 0.518 bits per heavy atom. The van der Waals surface area contributed by atoms with Crippen molar-refractivity contribution in [2.75, 3.05) is 0 Å². The standard InChI is InChI=1S/C29H41.C21H14.C5H5.Hf/c1-26(2,3)22-14-18-13-19-15-23(27(4,5)6)25(29(10,11)12)17-21(19)20(18)16-24(22)28(7,8)9;1-3-7-20-14-16(9-11-18(20)5-1)13-17-10-12-19-6-2-4-8-21(19)15-17;1-2-4-5-3-1;/h14,16-17H,13H2,1-12H3;1-12,14-15H;1-3H,4H2;/q-1;;-1;+2. The Kier molecular flexibility index (Phi) is 12.0. The zero-order valence-corrected chi connectivity index (χ0v) is 39.6. The molecule has 56 heavy (non-hydrogen) atoms. The molecule has 0 aliphatic heterocycles. The van der Waals surface area contributed by atoms with E-state index in [1.807, 2.05) is 12.2 Å². The van der Waals surface area contributed by atoms with Crippen molar-refractivity contribution in [3.05, 3.63) is 178 Å². The summed E-state index contributed by atoms with van der Waals surface area (Å²) < 4.78 is 1.46. The van der Waals surface area contributed by atoms with E-state index in [0.29, 0.717) is 0 Å². The summed E-state index contributed by atoms with van der Waals surface area (Å²) in [6, 6.07) is 42.1. The molecule has 0 aromatic heterocycles. The van der Waals surface area contributed by atoms with Gasteiger partial charge >= 0.3 is 145 Å². The molecule has 0 nitrogen and oxygen atoms in total. The molecule has 0 saturated carbocycles. The fourth-order valence-electron chi connectivity index (χ4n) is 7.82. The third kappa shape index (κ3) is 9.43. The van der Waals surface area contributed by atoms with E-state index in [-0.39, 0.29) is 21.7 Å². The molecule has 6 aromatic rings. The molecule has 284 valence electrons. The second kappa shape index (κ2) is 16.1.